The van der Waals surface area contributed by atoms with Crippen molar-refractivity contribution in [2.24, 2.45) is 4.99 Å². The summed E-state index contributed by atoms with van der Waals surface area (Å²) in [6.07, 6.45) is -3.03. The predicted octanol–water partition coefficient (Wildman–Crippen LogP) is 4.60. The third-order valence-corrected chi connectivity index (χ3v) is 6.55. The number of hydrogen-bond donors (Lipinski definition) is 2. The molecule has 4 rings (SSSR count). The van der Waals surface area contributed by atoms with E-state index in [2.05, 4.69) is 20.0 Å². The number of aromatic nitrogens is 1. The van der Waals surface area contributed by atoms with E-state index in [-0.39, 0.29) is 16.5 Å². The lowest BCUT2D eigenvalue weighted by Crippen LogP contribution is -2.41. The first-order valence-corrected chi connectivity index (χ1v) is 11.2. The Bertz CT molecular complexity index is 1310. The second-order valence-electron chi connectivity index (χ2n) is 6.95. The Morgan fingerprint density at radius 2 is 1.75 bits per heavy atom. The molecule has 1 aliphatic rings. The lowest BCUT2D eigenvalue weighted by molar-refractivity contribution is -0.138. The van der Waals surface area contributed by atoms with Crippen LogP contribution in [0.25, 0.3) is 0 Å². The summed E-state index contributed by atoms with van der Waals surface area (Å²) < 4.78 is 67.3. The van der Waals surface area contributed by atoms with Gasteiger partial charge in [-0.1, -0.05) is 41.9 Å². The van der Waals surface area contributed by atoms with Gasteiger partial charge in [-0.15, -0.1) is 0 Å². The molecule has 0 bridgehead atoms. The number of alkyl halides is 3. The molecule has 0 amide bonds. The number of pyridine rings is 1. The quantitative estimate of drug-likeness (QED) is 0.571. The monoisotopic (exact) mass is 480 g/mol. The zero-order valence-corrected chi connectivity index (χ0v) is 17.9. The van der Waals surface area contributed by atoms with E-state index in [0.29, 0.717) is 22.7 Å². The molecular formula is C21H16ClF3N4O2S. The van der Waals surface area contributed by atoms with E-state index >= 15 is 0 Å². The molecular weight excluding hydrogens is 465 g/mol. The normalized spacial score (nSPS) is 16.2. The van der Waals surface area contributed by atoms with Gasteiger partial charge in [0.2, 0.25) is 5.96 Å². The van der Waals surface area contributed by atoms with Gasteiger partial charge in [-0.05, 0) is 35.4 Å². The molecule has 32 heavy (non-hydrogen) atoms. The third kappa shape index (κ3) is 4.56. The highest BCUT2D eigenvalue weighted by Gasteiger charge is 2.34. The van der Waals surface area contributed by atoms with Gasteiger partial charge in [-0.25, -0.2) is 18.1 Å². The van der Waals surface area contributed by atoms with Gasteiger partial charge in [0.15, 0.2) is 0 Å². The number of benzene rings is 2. The van der Waals surface area contributed by atoms with Gasteiger partial charge >= 0.3 is 6.18 Å². The Kier molecular flexibility index (Phi) is 5.83. The Balaban J connectivity index is 1.68. The fourth-order valence-corrected chi connectivity index (χ4v) is 4.70. The molecule has 0 radical (unpaired) electrons. The number of anilines is 1. The van der Waals surface area contributed by atoms with Gasteiger partial charge in [0.1, 0.15) is 4.90 Å². The van der Waals surface area contributed by atoms with Crippen LogP contribution in [0.4, 0.5) is 18.9 Å². The van der Waals surface area contributed by atoms with E-state index in [1.165, 1.54) is 18.3 Å². The van der Waals surface area contributed by atoms with Gasteiger partial charge in [-0.3, -0.25) is 4.98 Å². The minimum Gasteiger partial charge on any atom is -0.324 e. The van der Waals surface area contributed by atoms with Crippen LogP contribution in [0.3, 0.4) is 0 Å². The van der Waals surface area contributed by atoms with Crippen LogP contribution in [-0.4, -0.2) is 19.4 Å². The van der Waals surface area contributed by atoms with Crippen LogP contribution in [-0.2, 0) is 29.2 Å². The second-order valence-corrected chi connectivity index (χ2v) is 9.01. The van der Waals surface area contributed by atoms with Crippen LogP contribution in [0, 0.1) is 0 Å². The first-order chi connectivity index (χ1) is 15.1. The van der Waals surface area contributed by atoms with Crippen molar-refractivity contribution in [2.45, 2.75) is 24.0 Å². The summed E-state index contributed by atoms with van der Waals surface area (Å²) in [6, 6.07) is 14.0. The van der Waals surface area contributed by atoms with E-state index in [1.807, 2.05) is 12.1 Å². The van der Waals surface area contributed by atoms with Crippen LogP contribution in [0.5, 0.6) is 0 Å². The van der Waals surface area contributed by atoms with Crippen LogP contribution < -0.4 is 10.0 Å². The molecule has 2 heterocycles. The van der Waals surface area contributed by atoms with E-state index in [0.717, 1.165) is 11.6 Å². The number of rotatable bonds is 4. The average molecular weight is 481 g/mol. The van der Waals surface area contributed by atoms with E-state index in [1.54, 1.807) is 24.3 Å². The summed E-state index contributed by atoms with van der Waals surface area (Å²) in [4.78, 5) is 7.77. The minimum atomic E-state index is -4.60. The predicted molar refractivity (Wildman–Crippen MR) is 115 cm³/mol. The van der Waals surface area contributed by atoms with Gasteiger partial charge in [0, 0.05) is 17.6 Å². The van der Waals surface area contributed by atoms with Crippen molar-refractivity contribution >= 4 is 33.3 Å². The van der Waals surface area contributed by atoms with Crippen LogP contribution >= 0.6 is 11.6 Å². The maximum absolute atomic E-state index is 13.2. The van der Waals surface area contributed by atoms with Crippen molar-refractivity contribution in [1.29, 1.82) is 0 Å². The molecule has 11 heteroatoms. The number of aliphatic imine (C=N–C) groups is 1. The van der Waals surface area contributed by atoms with Gasteiger partial charge < -0.3 is 5.32 Å². The summed E-state index contributed by atoms with van der Waals surface area (Å²) in [6.45, 7) is -0.470. The molecule has 166 valence electrons. The van der Waals surface area contributed by atoms with Crippen LogP contribution in [0.2, 0.25) is 5.02 Å². The molecule has 0 atom stereocenters. The number of halogens is 4. The SMILES string of the molecule is O=S1(=O)NC(=NCc2ncccc2C(F)(F)F)Nc2c(Cc3ccccc3Cl)cccc21. The van der Waals surface area contributed by atoms with Crippen LogP contribution in [0.1, 0.15) is 22.4 Å². The average Bonchev–Trinajstić information content (AvgIpc) is 2.73. The van der Waals surface area contributed by atoms with E-state index in [4.69, 9.17) is 11.6 Å². The molecule has 0 spiro atoms. The topological polar surface area (TPSA) is 83.5 Å². The molecule has 0 aliphatic carbocycles. The zero-order valence-electron chi connectivity index (χ0n) is 16.3. The van der Waals surface area contributed by atoms with Gasteiger partial charge in [0.05, 0.1) is 23.5 Å². The van der Waals surface area contributed by atoms with Gasteiger partial charge in [0.25, 0.3) is 10.0 Å². The number of hydrogen-bond acceptors (Lipinski definition) is 4. The molecule has 6 nitrogen and oxygen atoms in total. The van der Waals surface area contributed by atoms with Crippen molar-refractivity contribution in [3.8, 4) is 0 Å². The molecule has 2 N–H and O–H groups in total. The fraction of sp³-hybridized carbons (Fsp3) is 0.143. The van der Waals surface area contributed by atoms with Crippen molar-refractivity contribution in [1.82, 2.24) is 9.71 Å². The third-order valence-electron chi connectivity index (χ3n) is 4.80. The number of fused-ring (bicyclic) bond motifs is 1. The summed E-state index contributed by atoms with van der Waals surface area (Å²) in [5, 5.41) is 3.43. The van der Waals surface area contributed by atoms with Crippen molar-refractivity contribution < 1.29 is 21.6 Å². The molecule has 0 saturated heterocycles. The molecule has 0 fully saturated rings. The molecule has 0 unspecified atom stereocenters. The molecule has 0 saturated carbocycles. The number of nitrogens with one attached hydrogen (secondary N) is 2. The Morgan fingerprint density at radius 3 is 2.50 bits per heavy atom. The van der Waals surface area contributed by atoms with Crippen molar-refractivity contribution in [3.63, 3.8) is 0 Å². The van der Waals surface area contributed by atoms with E-state index in [9.17, 15) is 21.6 Å². The minimum absolute atomic E-state index is 0.00909. The fourth-order valence-electron chi connectivity index (χ4n) is 3.31. The molecule has 1 aliphatic heterocycles. The maximum atomic E-state index is 13.2. The van der Waals surface area contributed by atoms with Gasteiger partial charge in [-0.2, -0.15) is 13.2 Å². The highest BCUT2D eigenvalue weighted by Crippen LogP contribution is 2.33. The smallest absolute Gasteiger partial charge is 0.324 e. The Hall–Kier alpha value is -3.11. The Morgan fingerprint density at radius 1 is 1.00 bits per heavy atom. The summed E-state index contributed by atoms with van der Waals surface area (Å²) in [5.41, 5.74) is 0.484. The second kappa shape index (κ2) is 8.44. The van der Waals surface area contributed by atoms with Crippen molar-refractivity contribution in [3.05, 3.63) is 88.2 Å². The summed E-state index contributed by atoms with van der Waals surface area (Å²) in [5.74, 6) is -0.192. The number of sulfonamides is 1. The van der Waals surface area contributed by atoms with Crippen molar-refractivity contribution in [2.75, 3.05) is 5.32 Å². The molecule has 2 aromatic carbocycles. The first-order valence-electron chi connectivity index (χ1n) is 9.36. The summed E-state index contributed by atoms with van der Waals surface area (Å²) in [7, 11) is -3.98. The van der Waals surface area contributed by atoms with E-state index < -0.39 is 28.3 Å². The number of guanidine groups is 1. The maximum Gasteiger partial charge on any atom is 0.418 e. The largest absolute Gasteiger partial charge is 0.418 e. The standard InChI is InChI=1S/C21H16ClF3N4O2S/c22-16-8-2-1-5-13(16)11-14-6-3-9-18-19(14)28-20(29-32(18,30)31)27-12-17-15(21(23,24)25)7-4-10-26-17/h1-10H,11-12H2,(H2,27,28,29). The van der Waals surface area contributed by atoms with Crippen LogP contribution in [0.15, 0.2) is 70.7 Å². The number of para-hydroxylation sites is 1. The summed E-state index contributed by atoms with van der Waals surface area (Å²) >= 11 is 6.24. The molecule has 1 aromatic heterocycles. The zero-order chi connectivity index (χ0) is 22.9. The highest BCUT2D eigenvalue weighted by atomic mass is 35.5. The first kappa shape index (κ1) is 22.1. The number of nitrogens with zero attached hydrogens (tertiary/aromatic N) is 2. The lowest BCUT2D eigenvalue weighted by atomic mass is 10.0. The molecule has 3 aromatic rings. The Labute approximate surface area is 187 Å². The highest BCUT2D eigenvalue weighted by molar-refractivity contribution is 7.90. The lowest BCUT2D eigenvalue weighted by Gasteiger charge is -2.24.